The lowest BCUT2D eigenvalue weighted by Gasteiger charge is -2.26. The lowest BCUT2D eigenvalue weighted by Crippen LogP contribution is -2.46. The monoisotopic (exact) mass is 307 g/mol. The minimum absolute atomic E-state index is 0.0351. The molecule has 1 heterocycles. The van der Waals surface area contributed by atoms with Gasteiger partial charge in [-0.3, -0.25) is 4.90 Å². The van der Waals surface area contributed by atoms with E-state index in [0.717, 1.165) is 44.8 Å². The Morgan fingerprint density at radius 1 is 1.32 bits per heavy atom. The molecule has 1 unspecified atom stereocenters. The van der Waals surface area contributed by atoms with Crippen LogP contribution in [0.3, 0.4) is 0 Å². The van der Waals surface area contributed by atoms with Crippen LogP contribution in [-0.4, -0.2) is 61.5 Å². The lowest BCUT2D eigenvalue weighted by atomic mass is 10.1. The van der Waals surface area contributed by atoms with Gasteiger partial charge in [0, 0.05) is 32.2 Å². The Hall–Kier alpha value is -1.79. The molecule has 6 nitrogen and oxygen atoms in total. The van der Waals surface area contributed by atoms with Crippen LogP contribution in [0.2, 0.25) is 0 Å². The third-order valence-electron chi connectivity index (χ3n) is 3.67. The summed E-state index contributed by atoms with van der Waals surface area (Å²) in [5, 5.41) is 15.1. The normalized spacial score (nSPS) is 17.0. The van der Waals surface area contributed by atoms with E-state index >= 15 is 0 Å². The van der Waals surface area contributed by atoms with Crippen molar-refractivity contribution in [2.24, 2.45) is 0 Å². The van der Waals surface area contributed by atoms with E-state index in [1.807, 2.05) is 19.1 Å². The molecule has 0 radical (unpaired) electrons. The van der Waals surface area contributed by atoms with Crippen LogP contribution in [0.4, 0.5) is 4.79 Å². The molecule has 1 fully saturated rings. The smallest absolute Gasteiger partial charge is 0.315 e. The number of rotatable bonds is 6. The predicted octanol–water partition coefficient (Wildman–Crippen LogP) is 0.955. The summed E-state index contributed by atoms with van der Waals surface area (Å²) in [6.45, 7) is 6.86. The van der Waals surface area contributed by atoms with E-state index in [1.54, 1.807) is 12.1 Å². The molecule has 2 rings (SSSR count). The highest BCUT2D eigenvalue weighted by Gasteiger charge is 2.11. The maximum atomic E-state index is 11.8. The van der Waals surface area contributed by atoms with Gasteiger partial charge >= 0.3 is 6.03 Å². The van der Waals surface area contributed by atoms with Gasteiger partial charge in [-0.15, -0.1) is 0 Å². The van der Waals surface area contributed by atoms with Crippen LogP contribution in [0.25, 0.3) is 0 Å². The molecule has 0 aromatic heterocycles. The molecule has 0 aliphatic carbocycles. The van der Waals surface area contributed by atoms with Crippen molar-refractivity contribution in [3.05, 3.63) is 29.8 Å². The van der Waals surface area contributed by atoms with Gasteiger partial charge in [-0.2, -0.15) is 0 Å². The van der Waals surface area contributed by atoms with Crippen molar-refractivity contribution in [1.29, 1.82) is 0 Å². The third kappa shape index (κ3) is 5.91. The summed E-state index contributed by atoms with van der Waals surface area (Å²) < 4.78 is 5.29. The number of urea groups is 1. The van der Waals surface area contributed by atoms with E-state index in [0.29, 0.717) is 6.54 Å². The Kier molecular flexibility index (Phi) is 6.48. The maximum absolute atomic E-state index is 11.8. The Morgan fingerprint density at radius 2 is 2.00 bits per heavy atom. The molecule has 1 aromatic rings. The Morgan fingerprint density at radius 3 is 2.68 bits per heavy atom. The zero-order valence-corrected chi connectivity index (χ0v) is 13.0. The molecule has 1 aliphatic heterocycles. The molecule has 122 valence electrons. The van der Waals surface area contributed by atoms with Crippen molar-refractivity contribution in [3.63, 3.8) is 0 Å². The molecule has 1 saturated heterocycles. The van der Waals surface area contributed by atoms with Gasteiger partial charge in [0.1, 0.15) is 5.75 Å². The highest BCUT2D eigenvalue weighted by molar-refractivity contribution is 5.74. The zero-order valence-electron chi connectivity index (χ0n) is 13.0. The number of ether oxygens (including phenoxy) is 1. The van der Waals surface area contributed by atoms with Gasteiger partial charge in [0.15, 0.2) is 0 Å². The van der Waals surface area contributed by atoms with Crippen LogP contribution < -0.4 is 10.6 Å². The van der Waals surface area contributed by atoms with E-state index in [2.05, 4.69) is 15.5 Å². The summed E-state index contributed by atoms with van der Waals surface area (Å²) in [5.74, 6) is 0.255. The first-order chi connectivity index (χ1) is 10.6. The summed E-state index contributed by atoms with van der Waals surface area (Å²) >= 11 is 0. The van der Waals surface area contributed by atoms with E-state index in [-0.39, 0.29) is 17.8 Å². The number of morpholine rings is 1. The summed E-state index contributed by atoms with van der Waals surface area (Å²) in [4.78, 5) is 14.1. The fourth-order valence-corrected chi connectivity index (χ4v) is 2.46. The molecule has 0 bridgehead atoms. The summed E-state index contributed by atoms with van der Waals surface area (Å²) in [5.41, 5.74) is 1.08. The SMILES string of the molecule is CC(Cc1ccc(O)cc1)NC(=O)NCCN1CCOCC1. The molecule has 1 aromatic carbocycles. The average Bonchev–Trinajstić information content (AvgIpc) is 2.50. The standard InChI is InChI=1S/C16H25N3O3/c1-13(12-14-2-4-15(20)5-3-14)18-16(21)17-6-7-19-8-10-22-11-9-19/h2-5,13,20H,6-12H2,1H3,(H2,17,18,21). The van der Waals surface area contributed by atoms with E-state index in [1.165, 1.54) is 0 Å². The second-order valence-corrected chi connectivity index (χ2v) is 5.63. The quantitative estimate of drug-likeness (QED) is 0.732. The van der Waals surface area contributed by atoms with Crippen molar-refractivity contribution >= 4 is 6.03 Å². The van der Waals surface area contributed by atoms with E-state index in [9.17, 15) is 9.90 Å². The largest absolute Gasteiger partial charge is 0.508 e. The number of nitrogens with one attached hydrogen (secondary N) is 2. The molecular formula is C16H25N3O3. The minimum atomic E-state index is -0.139. The number of phenols is 1. The maximum Gasteiger partial charge on any atom is 0.315 e. The molecule has 1 aliphatic rings. The first-order valence-corrected chi connectivity index (χ1v) is 7.76. The van der Waals surface area contributed by atoms with Crippen LogP contribution in [-0.2, 0) is 11.2 Å². The van der Waals surface area contributed by atoms with Crippen molar-refractivity contribution in [3.8, 4) is 5.75 Å². The van der Waals surface area contributed by atoms with Gasteiger partial charge in [0.05, 0.1) is 13.2 Å². The predicted molar refractivity (Wildman–Crippen MR) is 85.1 cm³/mol. The number of hydrogen-bond donors (Lipinski definition) is 3. The Bertz CT molecular complexity index is 458. The molecule has 0 saturated carbocycles. The van der Waals surface area contributed by atoms with Gasteiger partial charge in [-0.25, -0.2) is 4.79 Å². The van der Waals surface area contributed by atoms with Gasteiger partial charge < -0.3 is 20.5 Å². The molecule has 1 atom stereocenters. The van der Waals surface area contributed by atoms with Crippen molar-refractivity contribution in [1.82, 2.24) is 15.5 Å². The highest BCUT2D eigenvalue weighted by atomic mass is 16.5. The second kappa shape index (κ2) is 8.60. The molecule has 0 spiro atoms. The number of carbonyl (C=O) groups excluding carboxylic acids is 1. The highest BCUT2D eigenvalue weighted by Crippen LogP contribution is 2.11. The lowest BCUT2D eigenvalue weighted by molar-refractivity contribution is 0.0387. The number of aromatic hydroxyl groups is 1. The summed E-state index contributed by atoms with van der Waals surface area (Å²) in [6.07, 6.45) is 0.733. The summed E-state index contributed by atoms with van der Waals surface area (Å²) in [6, 6.07) is 6.94. The van der Waals surface area contributed by atoms with Crippen LogP contribution in [0, 0.1) is 0 Å². The first kappa shape index (κ1) is 16.6. The topological polar surface area (TPSA) is 73.8 Å². The number of carbonyl (C=O) groups is 1. The Labute approximate surface area is 131 Å². The zero-order chi connectivity index (χ0) is 15.8. The molecule has 3 N–H and O–H groups in total. The molecule has 22 heavy (non-hydrogen) atoms. The van der Waals surface area contributed by atoms with Crippen LogP contribution in [0.15, 0.2) is 24.3 Å². The molecule has 6 heteroatoms. The summed E-state index contributed by atoms with van der Waals surface area (Å²) in [7, 11) is 0. The van der Waals surface area contributed by atoms with Gasteiger partial charge in [-0.1, -0.05) is 12.1 Å². The number of benzene rings is 1. The number of nitrogens with zero attached hydrogens (tertiary/aromatic N) is 1. The number of amides is 2. The van der Waals surface area contributed by atoms with Gasteiger partial charge in [0.2, 0.25) is 0 Å². The van der Waals surface area contributed by atoms with Crippen molar-refractivity contribution in [2.75, 3.05) is 39.4 Å². The van der Waals surface area contributed by atoms with E-state index in [4.69, 9.17) is 4.74 Å². The molecular weight excluding hydrogens is 282 g/mol. The van der Waals surface area contributed by atoms with Gasteiger partial charge in [-0.05, 0) is 31.0 Å². The number of phenolic OH excluding ortho intramolecular Hbond substituents is 1. The second-order valence-electron chi connectivity index (χ2n) is 5.63. The van der Waals surface area contributed by atoms with Crippen molar-refractivity contribution < 1.29 is 14.6 Å². The minimum Gasteiger partial charge on any atom is -0.508 e. The average molecular weight is 307 g/mol. The third-order valence-corrected chi connectivity index (χ3v) is 3.67. The first-order valence-electron chi connectivity index (χ1n) is 7.76. The van der Waals surface area contributed by atoms with Crippen LogP contribution in [0.1, 0.15) is 12.5 Å². The molecule has 2 amide bonds. The fourth-order valence-electron chi connectivity index (χ4n) is 2.46. The van der Waals surface area contributed by atoms with Crippen LogP contribution >= 0.6 is 0 Å². The Balaban J connectivity index is 1.62. The number of hydrogen-bond acceptors (Lipinski definition) is 4. The van der Waals surface area contributed by atoms with E-state index < -0.39 is 0 Å². The fraction of sp³-hybridized carbons (Fsp3) is 0.562. The van der Waals surface area contributed by atoms with Gasteiger partial charge in [0.25, 0.3) is 0 Å². The van der Waals surface area contributed by atoms with Crippen molar-refractivity contribution in [2.45, 2.75) is 19.4 Å². The van der Waals surface area contributed by atoms with Crippen LogP contribution in [0.5, 0.6) is 5.75 Å².